The molecule has 0 radical (unpaired) electrons. The van der Waals surface area contributed by atoms with E-state index < -0.39 is 5.41 Å². The fraction of sp³-hybridized carbons (Fsp3) is 0.500. The number of amides is 2. The minimum absolute atomic E-state index is 0.0121. The zero-order valence-electron chi connectivity index (χ0n) is 18.4. The minimum Gasteiger partial charge on any atom is -0.353 e. The second kappa shape index (κ2) is 9.50. The first kappa shape index (κ1) is 23.0. The van der Waals surface area contributed by atoms with Gasteiger partial charge in [0.2, 0.25) is 11.8 Å². The highest BCUT2D eigenvalue weighted by atomic mass is 32.1. The van der Waals surface area contributed by atoms with Crippen molar-refractivity contribution in [2.45, 2.75) is 54.1 Å². The maximum absolute atomic E-state index is 12.1. The molecule has 0 aliphatic carbocycles. The number of carbonyl (C=O) groups is 2. The fourth-order valence-electron chi connectivity index (χ4n) is 2.72. The van der Waals surface area contributed by atoms with Gasteiger partial charge in [0.25, 0.3) is 0 Å². The van der Waals surface area contributed by atoms with Crippen LogP contribution in [0.4, 0.5) is 5.69 Å². The summed E-state index contributed by atoms with van der Waals surface area (Å²) < 4.78 is 0. The van der Waals surface area contributed by atoms with Crippen LogP contribution in [0.5, 0.6) is 0 Å². The van der Waals surface area contributed by atoms with Gasteiger partial charge in [-0.1, -0.05) is 32.9 Å². The standard InChI is InChI=1S/C22H32N4O2S/c1-14(2)23-18(27)12-26(7)13-19-25-20(15(3)29-19)16-8-10-17(11-9-16)24-21(28)22(4,5)6/h8-11,14H,12-13H2,1-7H3,(H,23,27)(H,24,28). The summed E-state index contributed by atoms with van der Waals surface area (Å²) in [6.45, 7) is 12.6. The lowest BCUT2D eigenvalue weighted by molar-refractivity contribution is -0.123. The SMILES string of the molecule is Cc1sc(CN(C)CC(=O)NC(C)C)nc1-c1ccc(NC(=O)C(C)(C)C)cc1. The fourth-order valence-corrected chi connectivity index (χ4v) is 3.75. The van der Waals surface area contributed by atoms with Gasteiger partial charge in [-0.2, -0.15) is 0 Å². The van der Waals surface area contributed by atoms with Gasteiger partial charge in [-0.15, -0.1) is 11.3 Å². The van der Waals surface area contributed by atoms with Crippen LogP contribution in [0, 0.1) is 12.3 Å². The van der Waals surface area contributed by atoms with Gasteiger partial charge < -0.3 is 10.6 Å². The monoisotopic (exact) mass is 416 g/mol. The van der Waals surface area contributed by atoms with Crippen molar-refractivity contribution < 1.29 is 9.59 Å². The summed E-state index contributed by atoms with van der Waals surface area (Å²) in [6.07, 6.45) is 0. The zero-order valence-corrected chi connectivity index (χ0v) is 19.2. The molecule has 0 atom stereocenters. The molecule has 6 nitrogen and oxygen atoms in total. The van der Waals surface area contributed by atoms with E-state index in [-0.39, 0.29) is 17.9 Å². The van der Waals surface area contributed by atoms with Crippen LogP contribution in [-0.4, -0.2) is 41.3 Å². The Hall–Kier alpha value is -2.25. The van der Waals surface area contributed by atoms with Crippen molar-refractivity contribution in [1.29, 1.82) is 0 Å². The number of rotatable bonds is 7. The lowest BCUT2D eigenvalue weighted by atomic mass is 9.95. The molecule has 0 aliphatic heterocycles. The van der Waals surface area contributed by atoms with Gasteiger partial charge in [-0.05, 0) is 40.0 Å². The highest BCUT2D eigenvalue weighted by Crippen LogP contribution is 2.29. The van der Waals surface area contributed by atoms with Gasteiger partial charge in [-0.3, -0.25) is 14.5 Å². The summed E-state index contributed by atoms with van der Waals surface area (Å²) in [5, 5.41) is 6.81. The molecule has 0 saturated heterocycles. The zero-order chi connectivity index (χ0) is 21.8. The van der Waals surface area contributed by atoms with Crippen LogP contribution in [0.1, 0.15) is 44.5 Å². The van der Waals surface area contributed by atoms with Crippen molar-refractivity contribution in [3.63, 3.8) is 0 Å². The number of hydrogen-bond acceptors (Lipinski definition) is 5. The predicted octanol–water partition coefficient (Wildman–Crippen LogP) is 4.06. The highest BCUT2D eigenvalue weighted by Gasteiger charge is 2.21. The van der Waals surface area contributed by atoms with E-state index in [0.717, 1.165) is 26.8 Å². The number of thiazole rings is 1. The molecule has 1 aromatic carbocycles. The Morgan fingerprint density at radius 1 is 1.17 bits per heavy atom. The maximum atomic E-state index is 12.1. The van der Waals surface area contributed by atoms with E-state index >= 15 is 0 Å². The Bertz CT molecular complexity index is 851. The summed E-state index contributed by atoms with van der Waals surface area (Å²) in [5.41, 5.74) is 2.30. The lowest BCUT2D eigenvalue weighted by Gasteiger charge is -2.17. The first-order valence-corrected chi connectivity index (χ1v) is 10.6. The molecule has 0 spiro atoms. The summed E-state index contributed by atoms with van der Waals surface area (Å²) in [6, 6.07) is 7.90. The Kier molecular flexibility index (Phi) is 7.54. The first-order valence-electron chi connectivity index (χ1n) is 9.82. The number of aryl methyl sites for hydroxylation is 1. The van der Waals surface area contributed by atoms with E-state index in [1.165, 1.54) is 0 Å². The number of likely N-dealkylation sites (N-methyl/N-ethyl adjacent to an activating group) is 1. The number of carbonyl (C=O) groups excluding carboxylic acids is 2. The molecule has 0 bridgehead atoms. The first-order chi connectivity index (χ1) is 13.5. The molecule has 0 aliphatic rings. The molecule has 1 aromatic heterocycles. The topological polar surface area (TPSA) is 74.3 Å². The Balaban J connectivity index is 2.04. The van der Waals surface area contributed by atoms with Crippen LogP contribution in [0.2, 0.25) is 0 Å². The molecule has 0 saturated carbocycles. The second-order valence-electron chi connectivity index (χ2n) is 8.69. The number of benzene rings is 1. The van der Waals surface area contributed by atoms with Crippen molar-refractivity contribution in [1.82, 2.24) is 15.2 Å². The van der Waals surface area contributed by atoms with Crippen molar-refractivity contribution in [3.05, 3.63) is 34.2 Å². The van der Waals surface area contributed by atoms with Crippen molar-refractivity contribution in [2.75, 3.05) is 18.9 Å². The van der Waals surface area contributed by atoms with Crippen molar-refractivity contribution in [2.24, 2.45) is 5.41 Å². The van der Waals surface area contributed by atoms with E-state index in [9.17, 15) is 9.59 Å². The molecule has 0 unspecified atom stereocenters. The lowest BCUT2D eigenvalue weighted by Crippen LogP contribution is -2.38. The summed E-state index contributed by atoms with van der Waals surface area (Å²) >= 11 is 1.64. The number of anilines is 1. The third-order valence-electron chi connectivity index (χ3n) is 4.21. The second-order valence-corrected chi connectivity index (χ2v) is 9.98. The van der Waals surface area contributed by atoms with Crippen LogP contribution in [0.25, 0.3) is 11.3 Å². The molecule has 29 heavy (non-hydrogen) atoms. The third kappa shape index (κ3) is 6.94. The van der Waals surface area contributed by atoms with Gasteiger partial charge in [-0.25, -0.2) is 4.98 Å². The molecule has 7 heteroatoms. The smallest absolute Gasteiger partial charge is 0.234 e. The van der Waals surface area contributed by atoms with E-state index in [4.69, 9.17) is 4.98 Å². The van der Waals surface area contributed by atoms with E-state index in [0.29, 0.717) is 13.1 Å². The van der Waals surface area contributed by atoms with Gasteiger partial charge in [0.15, 0.2) is 0 Å². The maximum Gasteiger partial charge on any atom is 0.234 e. The largest absolute Gasteiger partial charge is 0.353 e. The van der Waals surface area contributed by atoms with E-state index in [1.807, 2.05) is 70.8 Å². The highest BCUT2D eigenvalue weighted by molar-refractivity contribution is 7.12. The Morgan fingerprint density at radius 3 is 2.34 bits per heavy atom. The van der Waals surface area contributed by atoms with Gasteiger partial charge in [0.1, 0.15) is 5.01 Å². The van der Waals surface area contributed by atoms with Crippen LogP contribution in [0.3, 0.4) is 0 Å². The van der Waals surface area contributed by atoms with Crippen LogP contribution in [0.15, 0.2) is 24.3 Å². The number of aromatic nitrogens is 1. The molecule has 2 N–H and O–H groups in total. The summed E-state index contributed by atoms with van der Waals surface area (Å²) in [7, 11) is 1.92. The van der Waals surface area contributed by atoms with E-state index in [2.05, 4.69) is 17.6 Å². The molecule has 158 valence electrons. The van der Waals surface area contributed by atoms with Gasteiger partial charge in [0, 0.05) is 27.6 Å². The van der Waals surface area contributed by atoms with E-state index in [1.54, 1.807) is 11.3 Å². The average Bonchev–Trinajstić information content (AvgIpc) is 2.93. The minimum atomic E-state index is -0.433. The Labute approximate surface area is 177 Å². The molecular weight excluding hydrogens is 384 g/mol. The van der Waals surface area contributed by atoms with Crippen LogP contribution >= 0.6 is 11.3 Å². The summed E-state index contributed by atoms with van der Waals surface area (Å²) in [5.74, 6) is 0.00538. The third-order valence-corrected chi connectivity index (χ3v) is 5.16. The molecule has 1 heterocycles. The van der Waals surface area contributed by atoms with Crippen LogP contribution < -0.4 is 10.6 Å². The Morgan fingerprint density at radius 2 is 1.79 bits per heavy atom. The van der Waals surface area contributed by atoms with Crippen LogP contribution in [-0.2, 0) is 16.1 Å². The molecule has 2 aromatic rings. The number of nitrogens with zero attached hydrogens (tertiary/aromatic N) is 2. The quantitative estimate of drug-likeness (QED) is 0.714. The molecule has 2 rings (SSSR count). The average molecular weight is 417 g/mol. The number of hydrogen-bond donors (Lipinski definition) is 2. The summed E-state index contributed by atoms with van der Waals surface area (Å²) in [4.78, 5) is 31.9. The molecule has 0 fully saturated rings. The van der Waals surface area contributed by atoms with Gasteiger partial charge >= 0.3 is 0 Å². The van der Waals surface area contributed by atoms with Gasteiger partial charge in [0.05, 0.1) is 18.8 Å². The normalized spacial score (nSPS) is 11.8. The predicted molar refractivity (Wildman–Crippen MR) is 120 cm³/mol. The molecular formula is C22H32N4O2S. The number of nitrogens with one attached hydrogen (secondary N) is 2. The van der Waals surface area contributed by atoms with Crippen molar-refractivity contribution >= 4 is 28.8 Å². The van der Waals surface area contributed by atoms with Crippen molar-refractivity contribution in [3.8, 4) is 11.3 Å². The molecule has 2 amide bonds.